The molecule has 1 aliphatic rings. The highest BCUT2D eigenvalue weighted by Gasteiger charge is 2.27. The van der Waals surface area contributed by atoms with Gasteiger partial charge in [0.2, 0.25) is 5.91 Å². The van der Waals surface area contributed by atoms with Crippen molar-refractivity contribution in [3.05, 3.63) is 86.5 Å². The Morgan fingerprint density at radius 3 is 2.58 bits per heavy atom. The molecule has 0 spiro atoms. The van der Waals surface area contributed by atoms with Gasteiger partial charge in [0.05, 0.1) is 59.1 Å². The molecule has 1 fully saturated rings. The number of hydrogen-bond donors (Lipinski definition) is 2. The van der Waals surface area contributed by atoms with Crippen LogP contribution in [0.25, 0.3) is 17.8 Å². The van der Waals surface area contributed by atoms with Crippen molar-refractivity contribution < 1.29 is 18.8 Å². The molecule has 6 rings (SSSR count). The van der Waals surface area contributed by atoms with Gasteiger partial charge < -0.3 is 19.4 Å². The maximum absolute atomic E-state index is 14.3. The van der Waals surface area contributed by atoms with Crippen LogP contribution in [0.5, 0.6) is 5.75 Å². The molecule has 0 bridgehead atoms. The zero-order valence-electron chi connectivity index (χ0n) is 32.6. The topological polar surface area (TPSA) is 162 Å². The van der Waals surface area contributed by atoms with Gasteiger partial charge in [-0.15, -0.1) is 16.4 Å². The number of amides is 2. The number of anilines is 2. The number of thiazole rings is 1. The van der Waals surface area contributed by atoms with E-state index < -0.39 is 0 Å². The number of fused-ring (bicyclic) bond motifs is 1. The number of ether oxygens (including phenoxy) is 1. The van der Waals surface area contributed by atoms with Gasteiger partial charge in [0.25, 0.3) is 11.5 Å². The molecule has 2 N–H and O–H groups in total. The molecule has 5 aromatic rings. The van der Waals surface area contributed by atoms with Gasteiger partial charge in [-0.3, -0.25) is 24.1 Å². The average Bonchev–Trinajstić information content (AvgIpc) is 3.80. The number of benzene rings is 1. The summed E-state index contributed by atoms with van der Waals surface area (Å²) in [7, 11) is 7.90. The van der Waals surface area contributed by atoms with Gasteiger partial charge >= 0.3 is 0 Å². The van der Waals surface area contributed by atoms with E-state index >= 15 is 0 Å². The fraction of sp³-hybridized carbons (Fsp3) is 0.436. The number of rotatable bonds is 13. The minimum atomic E-state index is -0.352. The first-order chi connectivity index (χ1) is 26.2. The van der Waals surface area contributed by atoms with Gasteiger partial charge in [0.1, 0.15) is 17.2 Å². The lowest BCUT2D eigenvalue weighted by molar-refractivity contribution is -0.869. The van der Waals surface area contributed by atoms with Crippen LogP contribution in [0.2, 0.25) is 0 Å². The number of tetrazole rings is 1. The summed E-state index contributed by atoms with van der Waals surface area (Å²) in [6, 6.07) is 10.8. The van der Waals surface area contributed by atoms with Crippen LogP contribution in [0.4, 0.5) is 10.9 Å². The summed E-state index contributed by atoms with van der Waals surface area (Å²) >= 11 is 1.37. The third-order valence-electron chi connectivity index (χ3n) is 9.45. The number of methoxy groups -OCH3 is 1. The Bertz CT molecular complexity index is 2230. The predicted molar refractivity (Wildman–Crippen MR) is 215 cm³/mol. The largest absolute Gasteiger partial charge is 0.497 e. The number of likely N-dealkylation sites (N-methyl/N-ethyl adjacent to an activating group) is 1. The molecule has 0 saturated carbocycles. The lowest BCUT2D eigenvalue weighted by atomic mass is 9.93. The van der Waals surface area contributed by atoms with Crippen LogP contribution in [0.3, 0.4) is 0 Å². The first-order valence-electron chi connectivity index (χ1n) is 18.4. The predicted octanol–water partition coefficient (Wildman–Crippen LogP) is 4.34. The van der Waals surface area contributed by atoms with E-state index in [4.69, 9.17) is 9.72 Å². The summed E-state index contributed by atoms with van der Waals surface area (Å²) in [6.07, 6.45) is 7.06. The third-order valence-corrected chi connectivity index (χ3v) is 10.2. The summed E-state index contributed by atoms with van der Waals surface area (Å²) in [5.41, 5.74) is 2.41. The van der Waals surface area contributed by atoms with Gasteiger partial charge in [-0.05, 0) is 71.2 Å². The highest BCUT2D eigenvalue weighted by molar-refractivity contribution is 7.14. The molecule has 1 unspecified atom stereocenters. The molecule has 5 heterocycles. The third kappa shape index (κ3) is 9.99. The van der Waals surface area contributed by atoms with E-state index in [0.29, 0.717) is 66.1 Å². The highest BCUT2D eigenvalue weighted by Crippen LogP contribution is 2.29. The molecular weight excluding hydrogens is 719 g/mol. The number of pyridine rings is 1. The molecule has 1 atom stereocenters. The summed E-state index contributed by atoms with van der Waals surface area (Å²) in [6.45, 7) is 9.24. The first-order valence-corrected chi connectivity index (χ1v) is 19.3. The van der Waals surface area contributed by atoms with Gasteiger partial charge in [0, 0.05) is 42.1 Å². The molecule has 2 amide bonds. The van der Waals surface area contributed by atoms with Gasteiger partial charge in [-0.1, -0.05) is 32.9 Å². The smallest absolute Gasteiger partial charge is 0.267 e. The minimum absolute atomic E-state index is 0.0150. The van der Waals surface area contributed by atoms with E-state index in [1.165, 1.54) is 15.7 Å². The summed E-state index contributed by atoms with van der Waals surface area (Å²) in [4.78, 5) is 52.4. The molecule has 0 aliphatic carbocycles. The molecular formula is C39H50N11O4S+. The second kappa shape index (κ2) is 16.5. The number of piperidine rings is 1. The second-order valence-electron chi connectivity index (χ2n) is 15.9. The Balaban J connectivity index is 1.31. The quantitative estimate of drug-likeness (QED) is 0.165. The van der Waals surface area contributed by atoms with Crippen molar-refractivity contribution in [1.82, 2.24) is 39.9 Å². The molecule has 55 heavy (non-hydrogen) atoms. The Hall–Kier alpha value is -5.48. The van der Waals surface area contributed by atoms with Crippen LogP contribution in [-0.4, -0.2) is 105 Å². The lowest BCUT2D eigenvalue weighted by Gasteiger charge is -2.34. The zero-order valence-corrected chi connectivity index (χ0v) is 33.4. The first kappa shape index (κ1) is 39.2. The second-order valence-corrected chi connectivity index (χ2v) is 16.8. The summed E-state index contributed by atoms with van der Waals surface area (Å²) in [5, 5.41) is 20.7. The number of nitrogens with zero attached hydrogens (tertiary/aromatic N) is 9. The lowest BCUT2D eigenvalue weighted by Crippen LogP contribution is -2.43. The van der Waals surface area contributed by atoms with E-state index in [0.717, 1.165) is 40.9 Å². The fourth-order valence-electron chi connectivity index (χ4n) is 6.31. The molecule has 290 valence electrons. The van der Waals surface area contributed by atoms with E-state index in [9.17, 15) is 14.4 Å². The monoisotopic (exact) mass is 768 g/mol. The number of carbonyl (C=O) groups excluding carboxylic acids is 2. The molecule has 1 saturated heterocycles. The van der Waals surface area contributed by atoms with Crippen molar-refractivity contribution in [1.29, 1.82) is 0 Å². The van der Waals surface area contributed by atoms with Crippen molar-refractivity contribution in [3.8, 4) is 5.75 Å². The normalized spacial score (nSPS) is 15.1. The number of quaternary nitrogens is 1. The number of hydrogen-bond acceptors (Lipinski definition) is 11. The van der Waals surface area contributed by atoms with Crippen molar-refractivity contribution in [2.75, 3.05) is 64.6 Å². The standard InChI is InChI=1S/C39H49N11O4S/c1-39(2,3)31-25-55-38(41-31)43-36(52)28-16-19-48-33(22-28)42-35(47-18-8-9-27(23-47)21-34(51)40-17-20-50(4,5)6)30(37(48)53)14-15-32-44-45-46-49(32)24-26-10-12-29(54-7)13-11-26/h10-16,19,22,25,27H,8-9,17-18,20-21,23-24H2,1-7H3,(H-,40,41,43,51,52)/p+1/b15-14+. The van der Waals surface area contributed by atoms with Crippen molar-refractivity contribution in [3.63, 3.8) is 0 Å². The van der Waals surface area contributed by atoms with Crippen LogP contribution < -0.4 is 25.8 Å². The van der Waals surface area contributed by atoms with Crippen LogP contribution >= 0.6 is 11.3 Å². The maximum Gasteiger partial charge on any atom is 0.267 e. The Kier molecular flexibility index (Phi) is 11.8. The number of nitrogens with one attached hydrogen (secondary N) is 2. The Labute approximate surface area is 324 Å². The minimum Gasteiger partial charge on any atom is -0.497 e. The summed E-state index contributed by atoms with van der Waals surface area (Å²) in [5.74, 6) is 1.41. The van der Waals surface area contributed by atoms with Gasteiger partial charge in [-0.25, -0.2) is 14.6 Å². The molecule has 15 nitrogen and oxygen atoms in total. The van der Waals surface area contributed by atoms with Gasteiger partial charge in [-0.2, -0.15) is 0 Å². The van der Waals surface area contributed by atoms with E-state index in [2.05, 4.69) is 78.0 Å². The fourth-order valence-corrected chi connectivity index (χ4v) is 7.24. The van der Waals surface area contributed by atoms with Crippen molar-refractivity contribution in [2.45, 2.75) is 52.0 Å². The molecule has 16 heteroatoms. The highest BCUT2D eigenvalue weighted by atomic mass is 32.1. The maximum atomic E-state index is 14.3. The van der Waals surface area contributed by atoms with E-state index in [1.54, 1.807) is 42.3 Å². The Morgan fingerprint density at radius 1 is 1.09 bits per heavy atom. The molecule has 1 aromatic carbocycles. The molecule has 0 radical (unpaired) electrons. The zero-order chi connectivity index (χ0) is 39.3. The van der Waals surface area contributed by atoms with Crippen LogP contribution in [0.15, 0.2) is 52.8 Å². The van der Waals surface area contributed by atoms with Crippen LogP contribution in [0.1, 0.15) is 73.0 Å². The van der Waals surface area contributed by atoms with E-state index in [-0.39, 0.29) is 28.7 Å². The van der Waals surface area contributed by atoms with E-state index in [1.807, 2.05) is 29.6 Å². The van der Waals surface area contributed by atoms with Crippen LogP contribution in [0, 0.1) is 5.92 Å². The van der Waals surface area contributed by atoms with Crippen LogP contribution in [-0.2, 0) is 16.8 Å². The molecule has 1 aliphatic heterocycles. The van der Waals surface area contributed by atoms with Crippen molar-refractivity contribution >= 4 is 51.9 Å². The van der Waals surface area contributed by atoms with Gasteiger partial charge in [0.15, 0.2) is 11.0 Å². The number of carbonyl (C=O) groups is 2. The Morgan fingerprint density at radius 2 is 1.87 bits per heavy atom. The number of aromatic nitrogens is 7. The SMILES string of the molecule is COc1ccc(Cn2nnnc2/C=C/c2c(N3CCCC(CC(=O)NCC[N+](C)(C)C)C3)nc3cc(C(=O)Nc4nc(C(C)(C)C)cs4)ccn3c2=O)cc1. The average molecular weight is 769 g/mol. The van der Waals surface area contributed by atoms with Crippen molar-refractivity contribution in [2.24, 2.45) is 5.92 Å². The molecule has 4 aromatic heterocycles. The summed E-state index contributed by atoms with van der Waals surface area (Å²) < 4.78 is 9.13.